The SMILES string of the molecule is CN1CCC(NS(=O)(=O)c2cccc(F)c2CN)C1. The number of hydrogen-bond donors (Lipinski definition) is 2. The largest absolute Gasteiger partial charge is 0.326 e. The Balaban J connectivity index is 2.27. The van der Waals surface area contributed by atoms with Crippen LogP contribution in [0.25, 0.3) is 0 Å². The molecule has 1 aromatic carbocycles. The molecule has 0 aromatic heterocycles. The Hall–Kier alpha value is -1.02. The lowest BCUT2D eigenvalue weighted by molar-refractivity contribution is 0.407. The van der Waals surface area contributed by atoms with Crippen molar-refractivity contribution < 1.29 is 12.8 Å². The van der Waals surface area contributed by atoms with Crippen molar-refractivity contribution in [3.63, 3.8) is 0 Å². The summed E-state index contributed by atoms with van der Waals surface area (Å²) in [6, 6.07) is 3.84. The van der Waals surface area contributed by atoms with E-state index in [2.05, 4.69) is 4.72 Å². The van der Waals surface area contributed by atoms with Crippen molar-refractivity contribution in [1.82, 2.24) is 9.62 Å². The number of sulfonamides is 1. The minimum atomic E-state index is -3.73. The lowest BCUT2D eigenvalue weighted by Gasteiger charge is -2.15. The summed E-state index contributed by atoms with van der Waals surface area (Å²) in [6.45, 7) is 1.36. The molecule has 0 spiro atoms. The van der Waals surface area contributed by atoms with Gasteiger partial charge in [0.1, 0.15) is 5.82 Å². The van der Waals surface area contributed by atoms with Gasteiger partial charge < -0.3 is 10.6 Å². The number of rotatable bonds is 4. The second-order valence-corrected chi connectivity index (χ2v) is 6.47. The van der Waals surface area contributed by atoms with Crippen LogP contribution >= 0.6 is 0 Å². The van der Waals surface area contributed by atoms with Gasteiger partial charge in [-0.2, -0.15) is 0 Å². The predicted octanol–water partition coefficient (Wildman–Crippen LogP) is 0.267. The number of halogens is 1. The summed E-state index contributed by atoms with van der Waals surface area (Å²) in [5.41, 5.74) is 5.47. The predicted molar refractivity (Wildman–Crippen MR) is 70.5 cm³/mol. The first-order chi connectivity index (χ1) is 8.94. The van der Waals surface area contributed by atoms with Crippen LogP contribution in [0.15, 0.2) is 23.1 Å². The fourth-order valence-corrected chi connectivity index (χ4v) is 3.82. The van der Waals surface area contributed by atoms with Crippen molar-refractivity contribution in [2.75, 3.05) is 20.1 Å². The number of benzene rings is 1. The van der Waals surface area contributed by atoms with Crippen molar-refractivity contribution in [1.29, 1.82) is 0 Å². The molecule has 1 aromatic rings. The molecule has 0 radical (unpaired) electrons. The zero-order valence-electron chi connectivity index (χ0n) is 10.8. The highest BCUT2D eigenvalue weighted by Gasteiger charge is 2.27. The van der Waals surface area contributed by atoms with Crippen LogP contribution in [0.5, 0.6) is 0 Å². The number of likely N-dealkylation sites (tertiary alicyclic amines) is 1. The van der Waals surface area contributed by atoms with Gasteiger partial charge in [-0.15, -0.1) is 0 Å². The zero-order valence-corrected chi connectivity index (χ0v) is 11.6. The van der Waals surface area contributed by atoms with Crippen LogP contribution in [0.1, 0.15) is 12.0 Å². The molecule has 5 nitrogen and oxygen atoms in total. The van der Waals surface area contributed by atoms with E-state index in [1.54, 1.807) is 0 Å². The third-order valence-corrected chi connectivity index (χ3v) is 4.89. The summed E-state index contributed by atoms with van der Waals surface area (Å²) < 4.78 is 40.7. The van der Waals surface area contributed by atoms with E-state index >= 15 is 0 Å². The van der Waals surface area contributed by atoms with Crippen LogP contribution < -0.4 is 10.5 Å². The molecule has 0 bridgehead atoms. The molecule has 3 N–H and O–H groups in total. The van der Waals surface area contributed by atoms with Gasteiger partial charge in [-0.05, 0) is 32.1 Å². The number of nitrogens with two attached hydrogens (primary N) is 1. The topological polar surface area (TPSA) is 75.4 Å². The summed E-state index contributed by atoms with van der Waals surface area (Å²) in [5, 5.41) is 0. The Kier molecular flexibility index (Phi) is 4.19. The number of likely N-dealkylation sites (N-methyl/N-ethyl adjacent to an activating group) is 1. The molecule has 1 heterocycles. The highest BCUT2D eigenvalue weighted by Crippen LogP contribution is 2.19. The summed E-state index contributed by atoms with van der Waals surface area (Å²) >= 11 is 0. The molecular weight excluding hydrogens is 269 g/mol. The molecule has 1 aliphatic rings. The fourth-order valence-electron chi connectivity index (χ4n) is 2.30. The summed E-state index contributed by atoms with van der Waals surface area (Å²) in [4.78, 5) is 1.98. The van der Waals surface area contributed by atoms with E-state index in [0.29, 0.717) is 6.54 Å². The third-order valence-electron chi connectivity index (χ3n) is 3.28. The molecule has 19 heavy (non-hydrogen) atoms. The maximum Gasteiger partial charge on any atom is 0.241 e. The molecule has 106 valence electrons. The van der Waals surface area contributed by atoms with E-state index in [9.17, 15) is 12.8 Å². The molecule has 1 saturated heterocycles. The molecule has 1 unspecified atom stereocenters. The van der Waals surface area contributed by atoms with Crippen molar-refractivity contribution in [2.24, 2.45) is 5.73 Å². The Bertz CT molecular complexity index is 562. The van der Waals surface area contributed by atoms with E-state index < -0.39 is 15.8 Å². The zero-order chi connectivity index (χ0) is 14.0. The maximum atomic E-state index is 13.6. The van der Waals surface area contributed by atoms with Gasteiger partial charge in [0.25, 0.3) is 0 Å². The van der Waals surface area contributed by atoms with Gasteiger partial charge in [0.05, 0.1) is 4.90 Å². The Morgan fingerprint density at radius 2 is 2.26 bits per heavy atom. The van der Waals surface area contributed by atoms with Crippen LogP contribution in [0.3, 0.4) is 0 Å². The average Bonchev–Trinajstić information content (AvgIpc) is 2.73. The van der Waals surface area contributed by atoms with Crippen LogP contribution in [0, 0.1) is 5.82 Å². The molecule has 1 atom stereocenters. The monoisotopic (exact) mass is 287 g/mol. The summed E-state index contributed by atoms with van der Waals surface area (Å²) in [5.74, 6) is -0.589. The van der Waals surface area contributed by atoms with Crippen molar-refractivity contribution in [3.8, 4) is 0 Å². The van der Waals surface area contributed by atoms with E-state index in [1.807, 2.05) is 11.9 Å². The van der Waals surface area contributed by atoms with Gasteiger partial charge >= 0.3 is 0 Å². The Morgan fingerprint density at radius 1 is 1.53 bits per heavy atom. The maximum absolute atomic E-state index is 13.6. The molecule has 2 rings (SSSR count). The van der Waals surface area contributed by atoms with Gasteiger partial charge in [-0.1, -0.05) is 6.07 Å². The van der Waals surface area contributed by atoms with Crippen LogP contribution in [0.2, 0.25) is 0 Å². The summed E-state index contributed by atoms with van der Waals surface area (Å²) in [7, 11) is -1.80. The number of nitrogens with zero attached hydrogens (tertiary/aromatic N) is 1. The second kappa shape index (κ2) is 5.54. The van der Waals surface area contributed by atoms with E-state index in [-0.39, 0.29) is 23.0 Å². The van der Waals surface area contributed by atoms with Crippen LogP contribution in [0.4, 0.5) is 4.39 Å². The minimum absolute atomic E-state index is 0.0290. The minimum Gasteiger partial charge on any atom is -0.326 e. The van der Waals surface area contributed by atoms with Crippen molar-refractivity contribution in [2.45, 2.75) is 23.9 Å². The van der Waals surface area contributed by atoms with Crippen molar-refractivity contribution in [3.05, 3.63) is 29.6 Å². The standard InChI is InChI=1S/C12H18FN3O2S/c1-16-6-5-9(8-16)15-19(17,18)12-4-2-3-11(13)10(12)7-14/h2-4,9,15H,5-8,14H2,1H3. The molecule has 1 aliphatic heterocycles. The first kappa shape index (κ1) is 14.4. The molecule has 0 aliphatic carbocycles. The van der Waals surface area contributed by atoms with Crippen molar-refractivity contribution >= 4 is 10.0 Å². The average molecular weight is 287 g/mol. The second-order valence-electron chi connectivity index (χ2n) is 4.79. The lowest BCUT2D eigenvalue weighted by Crippen LogP contribution is -2.37. The fraction of sp³-hybridized carbons (Fsp3) is 0.500. The smallest absolute Gasteiger partial charge is 0.241 e. The number of nitrogens with one attached hydrogen (secondary N) is 1. The van der Waals surface area contributed by atoms with Crippen LogP contribution in [-0.2, 0) is 16.6 Å². The quantitative estimate of drug-likeness (QED) is 0.833. The van der Waals surface area contributed by atoms with Gasteiger partial charge in [0.15, 0.2) is 0 Å². The lowest BCUT2D eigenvalue weighted by atomic mass is 10.2. The normalized spacial score (nSPS) is 20.9. The summed E-state index contributed by atoms with van der Waals surface area (Å²) in [6.07, 6.45) is 0.753. The Labute approximate surface area is 112 Å². The molecule has 0 amide bonds. The Morgan fingerprint density at radius 3 is 2.84 bits per heavy atom. The van der Waals surface area contributed by atoms with Gasteiger partial charge in [-0.3, -0.25) is 0 Å². The first-order valence-electron chi connectivity index (χ1n) is 6.12. The highest BCUT2D eigenvalue weighted by molar-refractivity contribution is 7.89. The molecule has 7 heteroatoms. The van der Waals surface area contributed by atoms with Gasteiger partial charge in [-0.25, -0.2) is 17.5 Å². The molecule has 1 fully saturated rings. The van der Waals surface area contributed by atoms with E-state index in [4.69, 9.17) is 5.73 Å². The highest BCUT2D eigenvalue weighted by atomic mass is 32.2. The molecular formula is C12H18FN3O2S. The first-order valence-corrected chi connectivity index (χ1v) is 7.60. The van der Waals surface area contributed by atoms with Crippen LogP contribution in [-0.4, -0.2) is 39.5 Å². The van der Waals surface area contributed by atoms with Gasteiger partial charge in [0.2, 0.25) is 10.0 Å². The van der Waals surface area contributed by atoms with E-state index in [1.165, 1.54) is 18.2 Å². The third kappa shape index (κ3) is 3.11. The van der Waals surface area contributed by atoms with Gasteiger partial charge in [0, 0.05) is 24.7 Å². The molecule has 0 saturated carbocycles. The number of hydrogen-bond acceptors (Lipinski definition) is 4. The van der Waals surface area contributed by atoms with E-state index in [0.717, 1.165) is 13.0 Å².